The fourth-order valence-corrected chi connectivity index (χ4v) is 3.12. The molecule has 1 saturated carbocycles. The maximum absolute atomic E-state index is 12.0. The Balaban J connectivity index is 1.85. The highest BCUT2D eigenvalue weighted by Crippen LogP contribution is 2.25. The minimum absolute atomic E-state index is 0.0108. The van der Waals surface area contributed by atoms with E-state index < -0.39 is 0 Å². The lowest BCUT2D eigenvalue weighted by Crippen LogP contribution is -2.38. The molecule has 0 aromatic carbocycles. The first kappa shape index (κ1) is 14.0. The second-order valence-electron chi connectivity index (χ2n) is 4.81. The van der Waals surface area contributed by atoms with Crippen LogP contribution in [0.4, 0.5) is 0 Å². The molecular formula is C13H18N2O3S. The number of aromatic nitrogens is 1. The van der Waals surface area contributed by atoms with Crippen molar-refractivity contribution in [2.45, 2.75) is 38.6 Å². The fourth-order valence-electron chi connectivity index (χ4n) is 2.41. The summed E-state index contributed by atoms with van der Waals surface area (Å²) < 4.78 is 4.75. The van der Waals surface area contributed by atoms with Crippen molar-refractivity contribution in [2.24, 2.45) is 5.92 Å². The van der Waals surface area contributed by atoms with Gasteiger partial charge in [0.25, 0.3) is 5.91 Å². The Bertz CT molecular complexity index is 464. The number of ether oxygens (including phenoxy) is 1. The van der Waals surface area contributed by atoms with Crippen molar-refractivity contribution < 1.29 is 14.3 Å². The third-order valence-electron chi connectivity index (χ3n) is 3.55. The molecule has 1 aromatic heterocycles. The molecule has 0 saturated heterocycles. The van der Waals surface area contributed by atoms with Crippen molar-refractivity contribution in [1.82, 2.24) is 10.3 Å². The molecule has 104 valence electrons. The second kappa shape index (κ2) is 6.14. The molecule has 1 aliphatic carbocycles. The average molecular weight is 282 g/mol. The van der Waals surface area contributed by atoms with Gasteiger partial charge in [-0.3, -0.25) is 9.59 Å². The van der Waals surface area contributed by atoms with Crippen molar-refractivity contribution in [1.29, 1.82) is 0 Å². The normalized spacial score (nSPS) is 22.8. The third kappa shape index (κ3) is 3.32. The minimum atomic E-state index is -0.136. The number of nitrogens with zero attached hydrogens (tertiary/aromatic N) is 1. The van der Waals surface area contributed by atoms with Gasteiger partial charge < -0.3 is 10.1 Å². The van der Waals surface area contributed by atoms with Crippen LogP contribution in [0, 0.1) is 12.8 Å². The topological polar surface area (TPSA) is 68.3 Å². The molecule has 1 heterocycles. The maximum atomic E-state index is 12.0. The van der Waals surface area contributed by atoms with E-state index in [1.54, 1.807) is 5.51 Å². The molecule has 1 amide bonds. The first-order valence-corrected chi connectivity index (χ1v) is 7.28. The summed E-state index contributed by atoms with van der Waals surface area (Å²) in [5, 5.41) is 3.02. The lowest BCUT2D eigenvalue weighted by Gasteiger charge is -2.27. The summed E-state index contributed by atoms with van der Waals surface area (Å²) in [6.45, 7) is 1.83. The predicted octanol–water partition coefficient (Wildman–Crippen LogP) is 1.91. The van der Waals surface area contributed by atoms with Gasteiger partial charge in [0, 0.05) is 6.04 Å². The van der Waals surface area contributed by atoms with Gasteiger partial charge in [-0.2, -0.15) is 0 Å². The quantitative estimate of drug-likeness (QED) is 0.860. The van der Waals surface area contributed by atoms with Crippen LogP contribution in [0.25, 0.3) is 0 Å². The van der Waals surface area contributed by atoms with Gasteiger partial charge in [-0.1, -0.05) is 0 Å². The van der Waals surface area contributed by atoms with Crippen LogP contribution >= 0.6 is 11.3 Å². The standard InChI is InChI=1S/C13H18N2O3S/c1-8-11(19-7-14-8)12(16)15-10-5-3-9(4-6-10)13(17)18-2/h7,9-10H,3-6H2,1-2H3,(H,15,16). The maximum Gasteiger partial charge on any atom is 0.308 e. The number of carbonyl (C=O) groups excluding carboxylic acids is 2. The molecule has 5 nitrogen and oxygen atoms in total. The first-order valence-electron chi connectivity index (χ1n) is 6.40. The van der Waals surface area contributed by atoms with Gasteiger partial charge in [-0.15, -0.1) is 11.3 Å². The van der Waals surface area contributed by atoms with E-state index in [0.29, 0.717) is 4.88 Å². The zero-order valence-electron chi connectivity index (χ0n) is 11.1. The van der Waals surface area contributed by atoms with Gasteiger partial charge in [0.2, 0.25) is 0 Å². The van der Waals surface area contributed by atoms with Gasteiger partial charge in [0.1, 0.15) is 4.88 Å². The van der Waals surface area contributed by atoms with E-state index >= 15 is 0 Å². The number of thiazole rings is 1. The number of rotatable bonds is 3. The molecule has 0 aliphatic heterocycles. The number of amides is 1. The van der Waals surface area contributed by atoms with E-state index in [2.05, 4.69) is 10.3 Å². The molecule has 1 N–H and O–H groups in total. The smallest absolute Gasteiger partial charge is 0.308 e. The summed E-state index contributed by atoms with van der Waals surface area (Å²) in [5.74, 6) is -0.201. The lowest BCUT2D eigenvalue weighted by atomic mass is 9.86. The van der Waals surface area contributed by atoms with E-state index in [0.717, 1.165) is 31.4 Å². The Morgan fingerprint density at radius 3 is 2.58 bits per heavy atom. The Labute approximate surface area is 116 Å². The fraction of sp³-hybridized carbons (Fsp3) is 0.615. The first-order chi connectivity index (χ1) is 9.11. The lowest BCUT2D eigenvalue weighted by molar-refractivity contribution is -0.146. The molecule has 0 radical (unpaired) electrons. The van der Waals surface area contributed by atoms with Gasteiger partial charge in [-0.25, -0.2) is 4.98 Å². The van der Waals surface area contributed by atoms with E-state index in [1.807, 2.05) is 6.92 Å². The summed E-state index contributed by atoms with van der Waals surface area (Å²) in [6, 6.07) is 0.148. The van der Waals surface area contributed by atoms with E-state index in [-0.39, 0.29) is 23.8 Å². The molecule has 1 aliphatic rings. The van der Waals surface area contributed by atoms with Crippen LogP contribution in [-0.2, 0) is 9.53 Å². The Morgan fingerprint density at radius 1 is 1.37 bits per heavy atom. The summed E-state index contributed by atoms with van der Waals surface area (Å²) in [5.41, 5.74) is 2.45. The Morgan fingerprint density at radius 2 is 2.05 bits per heavy atom. The molecular weight excluding hydrogens is 264 g/mol. The highest BCUT2D eigenvalue weighted by Gasteiger charge is 2.28. The van der Waals surface area contributed by atoms with Gasteiger partial charge in [0.15, 0.2) is 0 Å². The van der Waals surface area contributed by atoms with Crippen LogP contribution in [0.5, 0.6) is 0 Å². The number of methoxy groups -OCH3 is 1. The molecule has 0 unspecified atom stereocenters. The van der Waals surface area contributed by atoms with Crippen molar-refractivity contribution >= 4 is 23.2 Å². The predicted molar refractivity (Wildman–Crippen MR) is 72.1 cm³/mol. The molecule has 2 rings (SSSR count). The van der Waals surface area contributed by atoms with E-state index in [4.69, 9.17) is 4.74 Å². The van der Waals surface area contributed by atoms with Crippen molar-refractivity contribution in [3.63, 3.8) is 0 Å². The molecule has 1 aromatic rings. The number of nitrogens with one attached hydrogen (secondary N) is 1. The minimum Gasteiger partial charge on any atom is -0.469 e. The third-order valence-corrected chi connectivity index (χ3v) is 4.48. The number of hydrogen-bond acceptors (Lipinski definition) is 5. The van der Waals surface area contributed by atoms with Gasteiger partial charge in [-0.05, 0) is 32.6 Å². The largest absolute Gasteiger partial charge is 0.469 e. The zero-order valence-corrected chi connectivity index (χ0v) is 12.0. The second-order valence-corrected chi connectivity index (χ2v) is 5.67. The molecule has 0 atom stereocenters. The monoisotopic (exact) mass is 282 g/mol. The van der Waals surface area contributed by atoms with Crippen molar-refractivity contribution in [3.8, 4) is 0 Å². The van der Waals surface area contributed by atoms with Gasteiger partial charge >= 0.3 is 5.97 Å². The number of hydrogen-bond donors (Lipinski definition) is 1. The molecule has 0 bridgehead atoms. The van der Waals surface area contributed by atoms with E-state index in [1.165, 1.54) is 18.4 Å². The van der Waals surface area contributed by atoms with Crippen molar-refractivity contribution in [3.05, 3.63) is 16.1 Å². The summed E-state index contributed by atoms with van der Waals surface area (Å²) >= 11 is 1.36. The van der Waals surface area contributed by atoms with Crippen molar-refractivity contribution in [2.75, 3.05) is 7.11 Å². The average Bonchev–Trinajstić information content (AvgIpc) is 2.85. The van der Waals surface area contributed by atoms with Crippen LogP contribution in [0.3, 0.4) is 0 Å². The Kier molecular flexibility index (Phi) is 4.52. The van der Waals surface area contributed by atoms with Crippen LogP contribution in [-0.4, -0.2) is 30.0 Å². The van der Waals surface area contributed by atoms with Crippen LogP contribution in [0.2, 0.25) is 0 Å². The highest BCUT2D eigenvalue weighted by atomic mass is 32.1. The summed E-state index contributed by atoms with van der Waals surface area (Å²) in [4.78, 5) is 28.2. The summed E-state index contributed by atoms with van der Waals surface area (Å²) in [6.07, 6.45) is 3.20. The molecule has 19 heavy (non-hydrogen) atoms. The zero-order chi connectivity index (χ0) is 13.8. The number of carbonyl (C=O) groups is 2. The van der Waals surface area contributed by atoms with Crippen LogP contribution in [0.1, 0.15) is 41.0 Å². The number of esters is 1. The SMILES string of the molecule is COC(=O)C1CCC(NC(=O)c2scnc2C)CC1. The molecule has 1 fully saturated rings. The number of aryl methyl sites for hydroxylation is 1. The van der Waals surface area contributed by atoms with Crippen LogP contribution in [0.15, 0.2) is 5.51 Å². The van der Waals surface area contributed by atoms with E-state index in [9.17, 15) is 9.59 Å². The summed E-state index contributed by atoms with van der Waals surface area (Å²) in [7, 11) is 1.42. The Hall–Kier alpha value is -1.43. The molecule has 0 spiro atoms. The molecule has 6 heteroatoms. The highest BCUT2D eigenvalue weighted by molar-refractivity contribution is 7.11. The van der Waals surface area contributed by atoms with Gasteiger partial charge in [0.05, 0.1) is 24.2 Å². The van der Waals surface area contributed by atoms with Crippen LogP contribution < -0.4 is 5.32 Å².